The molecule has 17 heavy (non-hydrogen) atoms. The Morgan fingerprint density at radius 3 is 2.76 bits per heavy atom. The van der Waals surface area contributed by atoms with Gasteiger partial charge in [-0.1, -0.05) is 6.07 Å². The Balaban J connectivity index is 1.96. The average molecular weight is 229 g/mol. The molecule has 6 heteroatoms. The van der Waals surface area contributed by atoms with Gasteiger partial charge in [-0.2, -0.15) is 0 Å². The van der Waals surface area contributed by atoms with Crippen LogP contribution in [0.5, 0.6) is 0 Å². The van der Waals surface area contributed by atoms with Crippen molar-refractivity contribution in [1.29, 1.82) is 0 Å². The number of nitrogens with one attached hydrogen (secondary N) is 1. The van der Waals surface area contributed by atoms with Crippen LogP contribution in [0.1, 0.15) is 16.2 Å². The molecular formula is C11H11N5O. The van der Waals surface area contributed by atoms with E-state index in [4.69, 9.17) is 5.73 Å². The van der Waals surface area contributed by atoms with Gasteiger partial charge in [-0.3, -0.25) is 9.78 Å². The number of hydrogen-bond donors (Lipinski definition) is 2. The molecule has 0 aromatic carbocycles. The summed E-state index contributed by atoms with van der Waals surface area (Å²) in [5, 5.41) is 9.98. The minimum atomic E-state index is -0.303. The first kappa shape index (κ1) is 11.0. The molecule has 3 N–H and O–H groups in total. The maximum Gasteiger partial charge on any atom is 0.272 e. The van der Waals surface area contributed by atoms with Gasteiger partial charge in [0.1, 0.15) is 5.82 Å². The molecule has 0 radical (unpaired) electrons. The molecule has 0 unspecified atom stereocenters. The standard InChI is InChI=1S/C11H11N5O/c12-10-5-4-9(15-16-10)11(17)14-7-8-3-1-2-6-13-8/h1-6H,7H2,(H2,12,16)(H,14,17). The number of nitrogens with zero attached hydrogens (tertiary/aromatic N) is 3. The lowest BCUT2D eigenvalue weighted by atomic mass is 10.3. The quantitative estimate of drug-likeness (QED) is 0.793. The molecule has 0 spiro atoms. The van der Waals surface area contributed by atoms with Crippen molar-refractivity contribution in [3.8, 4) is 0 Å². The molecule has 0 fully saturated rings. The fourth-order valence-electron chi connectivity index (χ4n) is 1.23. The predicted octanol–water partition coefficient (Wildman–Crippen LogP) is 0.384. The molecule has 2 aromatic rings. The molecule has 1 amide bonds. The van der Waals surface area contributed by atoms with E-state index in [-0.39, 0.29) is 17.4 Å². The van der Waals surface area contributed by atoms with Gasteiger partial charge in [0, 0.05) is 6.20 Å². The summed E-state index contributed by atoms with van der Waals surface area (Å²) in [5.41, 5.74) is 6.39. The number of hydrogen-bond acceptors (Lipinski definition) is 5. The van der Waals surface area contributed by atoms with E-state index < -0.39 is 0 Å². The molecule has 0 aliphatic rings. The summed E-state index contributed by atoms with van der Waals surface area (Å²) < 4.78 is 0. The lowest BCUT2D eigenvalue weighted by molar-refractivity contribution is 0.0944. The smallest absolute Gasteiger partial charge is 0.272 e. The zero-order chi connectivity index (χ0) is 12.1. The van der Waals surface area contributed by atoms with Crippen LogP contribution in [0.3, 0.4) is 0 Å². The zero-order valence-corrected chi connectivity index (χ0v) is 9.00. The molecule has 0 aliphatic carbocycles. The van der Waals surface area contributed by atoms with Crippen LogP contribution >= 0.6 is 0 Å². The van der Waals surface area contributed by atoms with Crippen molar-refractivity contribution in [2.24, 2.45) is 0 Å². The third-order valence-electron chi connectivity index (χ3n) is 2.07. The highest BCUT2D eigenvalue weighted by molar-refractivity contribution is 5.92. The van der Waals surface area contributed by atoms with Crippen LogP contribution in [0.25, 0.3) is 0 Å². The Hall–Kier alpha value is -2.50. The minimum absolute atomic E-state index is 0.232. The van der Waals surface area contributed by atoms with Crippen LogP contribution in [-0.4, -0.2) is 21.1 Å². The highest BCUT2D eigenvalue weighted by Crippen LogP contribution is 1.98. The second-order valence-corrected chi connectivity index (χ2v) is 3.35. The topological polar surface area (TPSA) is 93.8 Å². The van der Waals surface area contributed by atoms with Crippen molar-refractivity contribution in [2.75, 3.05) is 5.73 Å². The van der Waals surface area contributed by atoms with Crippen LogP contribution in [0, 0.1) is 0 Å². The number of nitrogens with two attached hydrogens (primary N) is 1. The maximum absolute atomic E-state index is 11.6. The van der Waals surface area contributed by atoms with Gasteiger partial charge in [-0.05, 0) is 24.3 Å². The molecule has 0 aliphatic heterocycles. The van der Waals surface area contributed by atoms with Gasteiger partial charge in [0.25, 0.3) is 5.91 Å². The molecule has 0 saturated carbocycles. The number of rotatable bonds is 3. The predicted molar refractivity (Wildman–Crippen MR) is 61.9 cm³/mol. The number of aromatic nitrogens is 3. The SMILES string of the molecule is Nc1ccc(C(=O)NCc2ccccn2)nn1. The average Bonchev–Trinajstić information content (AvgIpc) is 2.38. The molecule has 0 saturated heterocycles. The van der Waals surface area contributed by atoms with E-state index in [1.54, 1.807) is 6.20 Å². The summed E-state index contributed by atoms with van der Waals surface area (Å²) in [6.45, 7) is 0.353. The van der Waals surface area contributed by atoms with Crippen LogP contribution in [0.2, 0.25) is 0 Å². The highest BCUT2D eigenvalue weighted by Gasteiger charge is 2.07. The number of nitrogen functional groups attached to an aromatic ring is 1. The second-order valence-electron chi connectivity index (χ2n) is 3.35. The monoisotopic (exact) mass is 229 g/mol. The number of carbonyl (C=O) groups is 1. The molecular weight excluding hydrogens is 218 g/mol. The van der Waals surface area contributed by atoms with Crippen molar-refractivity contribution in [3.63, 3.8) is 0 Å². The number of carbonyl (C=O) groups excluding carboxylic acids is 1. The lowest BCUT2D eigenvalue weighted by Gasteiger charge is -2.03. The molecule has 86 valence electrons. The van der Waals surface area contributed by atoms with E-state index in [0.29, 0.717) is 6.54 Å². The largest absolute Gasteiger partial charge is 0.382 e. The van der Waals surface area contributed by atoms with E-state index in [0.717, 1.165) is 5.69 Å². The summed E-state index contributed by atoms with van der Waals surface area (Å²) in [4.78, 5) is 15.7. The maximum atomic E-state index is 11.6. The van der Waals surface area contributed by atoms with Crippen LogP contribution < -0.4 is 11.1 Å². The van der Waals surface area contributed by atoms with Gasteiger partial charge < -0.3 is 11.1 Å². The third kappa shape index (κ3) is 2.97. The van der Waals surface area contributed by atoms with Gasteiger partial charge in [-0.15, -0.1) is 10.2 Å². The van der Waals surface area contributed by atoms with E-state index in [1.165, 1.54) is 12.1 Å². The molecule has 0 bridgehead atoms. The van der Waals surface area contributed by atoms with E-state index in [9.17, 15) is 4.79 Å². The first-order valence-corrected chi connectivity index (χ1v) is 5.03. The fraction of sp³-hybridized carbons (Fsp3) is 0.0909. The van der Waals surface area contributed by atoms with Crippen molar-refractivity contribution >= 4 is 11.7 Å². The van der Waals surface area contributed by atoms with Crippen molar-refractivity contribution in [3.05, 3.63) is 47.9 Å². The van der Waals surface area contributed by atoms with E-state index in [1.807, 2.05) is 18.2 Å². The Bertz CT molecular complexity index is 497. The molecule has 2 rings (SSSR count). The summed E-state index contributed by atoms with van der Waals surface area (Å²) in [7, 11) is 0. The van der Waals surface area contributed by atoms with Crippen molar-refractivity contribution in [1.82, 2.24) is 20.5 Å². The number of amides is 1. The Morgan fingerprint density at radius 1 is 1.24 bits per heavy atom. The van der Waals surface area contributed by atoms with Gasteiger partial charge in [0.05, 0.1) is 12.2 Å². The minimum Gasteiger partial charge on any atom is -0.382 e. The second kappa shape index (κ2) is 5.02. The van der Waals surface area contributed by atoms with Crippen LogP contribution in [-0.2, 0) is 6.54 Å². The lowest BCUT2D eigenvalue weighted by Crippen LogP contribution is -2.24. The first-order chi connectivity index (χ1) is 8.25. The van der Waals surface area contributed by atoms with Crippen LogP contribution in [0.4, 0.5) is 5.82 Å². The summed E-state index contributed by atoms with van der Waals surface area (Å²) >= 11 is 0. The van der Waals surface area contributed by atoms with E-state index >= 15 is 0 Å². The Morgan fingerprint density at radius 2 is 2.12 bits per heavy atom. The number of pyridine rings is 1. The number of anilines is 1. The van der Waals surface area contributed by atoms with Gasteiger partial charge in [0.15, 0.2) is 5.69 Å². The Kier molecular flexibility index (Phi) is 3.25. The van der Waals surface area contributed by atoms with Crippen molar-refractivity contribution in [2.45, 2.75) is 6.54 Å². The van der Waals surface area contributed by atoms with Crippen molar-refractivity contribution < 1.29 is 4.79 Å². The Labute approximate surface area is 97.9 Å². The molecule has 2 heterocycles. The molecule has 2 aromatic heterocycles. The van der Waals surface area contributed by atoms with Crippen LogP contribution in [0.15, 0.2) is 36.5 Å². The fourth-order valence-corrected chi connectivity index (χ4v) is 1.23. The van der Waals surface area contributed by atoms with E-state index in [2.05, 4.69) is 20.5 Å². The normalized spacial score (nSPS) is 9.88. The zero-order valence-electron chi connectivity index (χ0n) is 9.00. The third-order valence-corrected chi connectivity index (χ3v) is 2.07. The summed E-state index contributed by atoms with van der Waals surface area (Å²) in [6, 6.07) is 8.56. The van der Waals surface area contributed by atoms with Gasteiger partial charge in [0.2, 0.25) is 0 Å². The molecule has 6 nitrogen and oxygen atoms in total. The summed E-state index contributed by atoms with van der Waals surface area (Å²) in [6.07, 6.45) is 1.67. The summed E-state index contributed by atoms with van der Waals surface area (Å²) in [5.74, 6) is -0.0190. The highest BCUT2D eigenvalue weighted by atomic mass is 16.1. The van der Waals surface area contributed by atoms with Gasteiger partial charge in [-0.25, -0.2) is 0 Å². The van der Waals surface area contributed by atoms with Gasteiger partial charge >= 0.3 is 0 Å². The first-order valence-electron chi connectivity index (χ1n) is 5.03. The molecule has 0 atom stereocenters.